The molecule has 0 aromatic carbocycles. The number of aliphatic carboxylic acids is 1. The van der Waals surface area contributed by atoms with Crippen molar-refractivity contribution in [2.45, 2.75) is 32.9 Å². The first-order valence-corrected chi connectivity index (χ1v) is 8.27. The molecule has 0 heterocycles. The van der Waals surface area contributed by atoms with Crippen molar-refractivity contribution < 1.29 is 18.8 Å². The van der Waals surface area contributed by atoms with Crippen molar-refractivity contribution in [3.05, 3.63) is 0 Å². The summed E-state index contributed by atoms with van der Waals surface area (Å²) in [4.78, 5) is 10.3. The first kappa shape index (κ1) is 15.6. The molecule has 96 valence electrons. The van der Waals surface area contributed by atoms with Crippen LogP contribution in [0.4, 0.5) is 0 Å². The molecule has 0 aliphatic carbocycles. The van der Waals surface area contributed by atoms with E-state index in [2.05, 4.69) is 11.9 Å². The fourth-order valence-corrected chi connectivity index (χ4v) is 3.94. The Bertz CT molecular complexity index is 195. The third kappa shape index (κ3) is 7.81. The van der Waals surface area contributed by atoms with E-state index in [9.17, 15) is 4.79 Å². The van der Waals surface area contributed by atoms with Gasteiger partial charge in [-0.2, -0.15) is 0 Å². The van der Waals surface area contributed by atoms with Crippen LogP contribution in [-0.2, 0) is 13.6 Å². The Hall–Kier alpha value is -0.433. The largest absolute Gasteiger partial charge is 0.480 e. The van der Waals surface area contributed by atoms with E-state index in [0.717, 1.165) is 12.5 Å². The van der Waals surface area contributed by atoms with E-state index in [4.69, 9.17) is 14.0 Å². The molecule has 2 N–H and O–H groups in total. The zero-order valence-electron chi connectivity index (χ0n) is 10.4. The van der Waals surface area contributed by atoms with Gasteiger partial charge in [0.1, 0.15) is 0 Å². The molecule has 0 unspecified atom stereocenters. The Morgan fingerprint density at radius 3 is 2.31 bits per heavy atom. The van der Waals surface area contributed by atoms with Crippen molar-refractivity contribution in [2.75, 3.05) is 26.3 Å². The van der Waals surface area contributed by atoms with Crippen molar-refractivity contribution in [2.24, 2.45) is 0 Å². The SMILES string of the molecule is CCO[Si](C)(CCCNCC(=O)O)OCC. The number of carboxylic acids is 1. The topological polar surface area (TPSA) is 67.8 Å². The summed E-state index contributed by atoms with van der Waals surface area (Å²) in [6, 6.07) is 0.890. The van der Waals surface area contributed by atoms with Gasteiger partial charge in [0.25, 0.3) is 0 Å². The van der Waals surface area contributed by atoms with Gasteiger partial charge in [0.05, 0.1) is 6.54 Å². The Kier molecular flexibility index (Phi) is 8.45. The van der Waals surface area contributed by atoms with Crippen molar-refractivity contribution in [3.8, 4) is 0 Å². The molecule has 0 amide bonds. The summed E-state index contributed by atoms with van der Waals surface area (Å²) in [5.41, 5.74) is 0. The fourth-order valence-electron chi connectivity index (χ4n) is 1.53. The van der Waals surface area contributed by atoms with Gasteiger partial charge in [0.15, 0.2) is 0 Å². The maximum Gasteiger partial charge on any atom is 0.334 e. The van der Waals surface area contributed by atoms with Crippen molar-refractivity contribution in [1.29, 1.82) is 0 Å². The highest BCUT2D eigenvalue weighted by molar-refractivity contribution is 6.66. The zero-order chi connectivity index (χ0) is 12.4. The van der Waals surface area contributed by atoms with Gasteiger partial charge in [-0.05, 0) is 39.4 Å². The average Bonchev–Trinajstić information content (AvgIpc) is 2.17. The number of nitrogens with one attached hydrogen (secondary N) is 1. The Morgan fingerprint density at radius 2 is 1.88 bits per heavy atom. The first-order valence-electron chi connectivity index (χ1n) is 5.74. The van der Waals surface area contributed by atoms with Gasteiger partial charge in [0.2, 0.25) is 0 Å². The molecule has 0 saturated carbocycles. The summed E-state index contributed by atoms with van der Waals surface area (Å²) in [7, 11) is -2.01. The van der Waals surface area contributed by atoms with Crippen LogP contribution >= 0.6 is 0 Å². The number of hydrogen-bond acceptors (Lipinski definition) is 4. The minimum Gasteiger partial charge on any atom is -0.480 e. The van der Waals surface area contributed by atoms with E-state index in [1.807, 2.05) is 13.8 Å². The third-order valence-corrected chi connectivity index (χ3v) is 5.22. The minimum atomic E-state index is -2.01. The molecule has 0 atom stereocenters. The lowest BCUT2D eigenvalue weighted by Gasteiger charge is -2.25. The van der Waals surface area contributed by atoms with E-state index in [-0.39, 0.29) is 6.54 Å². The van der Waals surface area contributed by atoms with E-state index < -0.39 is 14.5 Å². The van der Waals surface area contributed by atoms with Crippen LogP contribution in [0.15, 0.2) is 0 Å². The normalized spacial score (nSPS) is 11.7. The molecule has 0 radical (unpaired) electrons. The predicted octanol–water partition coefficient (Wildman–Crippen LogP) is 1.20. The summed E-state index contributed by atoms with van der Waals surface area (Å²) in [5.74, 6) is -0.824. The lowest BCUT2D eigenvalue weighted by atomic mass is 10.5. The van der Waals surface area contributed by atoms with E-state index in [1.165, 1.54) is 0 Å². The van der Waals surface area contributed by atoms with Crippen LogP contribution in [0.3, 0.4) is 0 Å². The second-order valence-corrected chi connectivity index (χ2v) is 7.02. The molecule has 0 spiro atoms. The standard InChI is InChI=1S/C10H23NO4Si/c1-4-14-16(3,15-5-2)8-6-7-11-9-10(12)13/h11H,4-9H2,1-3H3,(H,12,13). The van der Waals surface area contributed by atoms with E-state index >= 15 is 0 Å². The Labute approximate surface area is 98.4 Å². The average molecular weight is 249 g/mol. The molecule has 0 aromatic heterocycles. The molecular formula is C10H23NO4Si. The van der Waals surface area contributed by atoms with Crippen LogP contribution in [0.5, 0.6) is 0 Å². The molecule has 0 bridgehead atoms. The maximum atomic E-state index is 10.3. The summed E-state index contributed by atoms with van der Waals surface area (Å²) >= 11 is 0. The predicted molar refractivity (Wildman–Crippen MR) is 64.8 cm³/mol. The molecule has 0 aliphatic heterocycles. The molecule has 6 heteroatoms. The maximum absolute atomic E-state index is 10.3. The lowest BCUT2D eigenvalue weighted by Crippen LogP contribution is -2.39. The molecule has 0 fully saturated rings. The van der Waals surface area contributed by atoms with Crippen molar-refractivity contribution >= 4 is 14.5 Å². The molecule has 16 heavy (non-hydrogen) atoms. The zero-order valence-corrected chi connectivity index (χ0v) is 11.4. The number of carboxylic acid groups (broad SMARTS) is 1. The summed E-state index contributed by atoms with van der Waals surface area (Å²) < 4.78 is 11.3. The Morgan fingerprint density at radius 1 is 1.31 bits per heavy atom. The van der Waals surface area contributed by atoms with E-state index in [0.29, 0.717) is 19.8 Å². The fraction of sp³-hybridized carbons (Fsp3) is 0.900. The van der Waals surface area contributed by atoms with Gasteiger partial charge >= 0.3 is 14.5 Å². The quantitative estimate of drug-likeness (QED) is 0.450. The highest BCUT2D eigenvalue weighted by atomic mass is 28.4. The molecule has 0 aromatic rings. The molecule has 5 nitrogen and oxygen atoms in total. The highest BCUT2D eigenvalue weighted by Gasteiger charge is 2.29. The van der Waals surface area contributed by atoms with Crippen LogP contribution in [0.25, 0.3) is 0 Å². The molecule has 0 aliphatic rings. The van der Waals surface area contributed by atoms with Gasteiger partial charge in [-0.25, -0.2) is 0 Å². The van der Waals surface area contributed by atoms with Gasteiger partial charge in [0, 0.05) is 13.2 Å². The number of carbonyl (C=O) groups is 1. The smallest absolute Gasteiger partial charge is 0.334 e. The third-order valence-electron chi connectivity index (χ3n) is 2.16. The minimum absolute atomic E-state index is 0.0154. The molecule has 0 saturated heterocycles. The second-order valence-electron chi connectivity index (χ2n) is 3.67. The Balaban J connectivity index is 3.71. The van der Waals surface area contributed by atoms with Gasteiger partial charge in [-0.15, -0.1) is 0 Å². The van der Waals surface area contributed by atoms with Crippen LogP contribution < -0.4 is 5.32 Å². The number of rotatable bonds is 10. The van der Waals surface area contributed by atoms with Gasteiger partial charge < -0.3 is 19.3 Å². The van der Waals surface area contributed by atoms with Crippen molar-refractivity contribution in [1.82, 2.24) is 5.32 Å². The molecular weight excluding hydrogens is 226 g/mol. The number of hydrogen-bond donors (Lipinski definition) is 2. The second kappa shape index (κ2) is 8.69. The van der Waals surface area contributed by atoms with Crippen LogP contribution in [0.1, 0.15) is 20.3 Å². The summed E-state index contributed by atoms with van der Waals surface area (Å²) in [6.07, 6.45) is 0.885. The summed E-state index contributed by atoms with van der Waals surface area (Å²) in [6.45, 7) is 8.03. The first-order chi connectivity index (χ1) is 7.54. The lowest BCUT2D eigenvalue weighted by molar-refractivity contribution is -0.135. The highest BCUT2D eigenvalue weighted by Crippen LogP contribution is 2.15. The van der Waals surface area contributed by atoms with Crippen molar-refractivity contribution in [3.63, 3.8) is 0 Å². The van der Waals surface area contributed by atoms with Crippen LogP contribution in [0.2, 0.25) is 12.6 Å². The van der Waals surface area contributed by atoms with Gasteiger partial charge in [-0.3, -0.25) is 4.79 Å². The van der Waals surface area contributed by atoms with Crippen LogP contribution in [-0.4, -0.2) is 45.9 Å². The monoisotopic (exact) mass is 249 g/mol. The molecule has 0 rings (SSSR count). The van der Waals surface area contributed by atoms with Gasteiger partial charge in [-0.1, -0.05) is 0 Å². The summed E-state index contributed by atoms with van der Waals surface area (Å²) in [5, 5.41) is 11.3. The van der Waals surface area contributed by atoms with Crippen LogP contribution in [0, 0.1) is 0 Å². The van der Waals surface area contributed by atoms with E-state index in [1.54, 1.807) is 0 Å².